The van der Waals surface area contributed by atoms with Crippen LogP contribution >= 0.6 is 0 Å². The van der Waals surface area contributed by atoms with Gasteiger partial charge in [0.2, 0.25) is 0 Å². The third kappa shape index (κ3) is 142. The summed E-state index contributed by atoms with van der Waals surface area (Å²) in [6.45, 7) is 0. The average molecular weight is 125 g/mol. The Hall–Kier alpha value is 1.16. The van der Waals surface area contributed by atoms with E-state index in [1.165, 1.54) is 0 Å². The molecular formula is HNNa2O4. The van der Waals surface area contributed by atoms with Gasteiger partial charge in [0, 0.05) is 0 Å². The van der Waals surface area contributed by atoms with Gasteiger partial charge < -0.3 is 20.8 Å². The quantitative estimate of drug-likeness (QED) is 0.182. The first-order valence-electron chi connectivity index (χ1n) is 0.548. The Labute approximate surface area is 84.1 Å². The van der Waals surface area contributed by atoms with Crippen molar-refractivity contribution in [3.8, 4) is 0 Å². The first-order valence-corrected chi connectivity index (χ1v) is 0.548. The van der Waals surface area contributed by atoms with Crippen LogP contribution in [0, 0.1) is 15.3 Å². The Morgan fingerprint density at radius 2 is 1.14 bits per heavy atom. The Bertz CT molecular complexity index is 32.7. The van der Waals surface area contributed by atoms with E-state index in [0.717, 1.165) is 0 Å². The largest absolute Gasteiger partial charge is 1.00 e. The molecule has 0 aliphatic carbocycles. The smallest absolute Gasteiger partial charge is 0.870 e. The van der Waals surface area contributed by atoms with Crippen LogP contribution in [0.4, 0.5) is 0 Å². The Morgan fingerprint density at radius 1 is 1.14 bits per heavy atom. The molecule has 7 heteroatoms. The number of nitrogens with zero attached hydrogens (tertiary/aromatic N) is 1. The van der Waals surface area contributed by atoms with Gasteiger partial charge in [-0.15, -0.1) is 0 Å². The summed E-state index contributed by atoms with van der Waals surface area (Å²) in [7, 11) is 0. The van der Waals surface area contributed by atoms with Crippen LogP contribution in [0.15, 0.2) is 0 Å². The summed E-state index contributed by atoms with van der Waals surface area (Å²) in [5.41, 5.74) is 0. The molecule has 0 spiro atoms. The van der Waals surface area contributed by atoms with Gasteiger partial charge in [-0.25, -0.2) is 0 Å². The van der Waals surface area contributed by atoms with E-state index in [2.05, 4.69) is 0 Å². The van der Waals surface area contributed by atoms with Crippen molar-refractivity contribution in [2.45, 2.75) is 0 Å². The Kier molecular flexibility index (Phi) is 54.2. The van der Waals surface area contributed by atoms with E-state index in [9.17, 15) is 0 Å². The number of hydrogen-bond donors (Lipinski definition) is 0. The number of rotatable bonds is 0. The molecule has 0 bridgehead atoms. The molecule has 0 atom stereocenters. The molecule has 0 aromatic heterocycles. The molecule has 0 aliphatic rings. The van der Waals surface area contributed by atoms with Gasteiger partial charge in [0.05, 0.1) is 5.09 Å². The van der Waals surface area contributed by atoms with Gasteiger partial charge >= 0.3 is 59.1 Å². The van der Waals surface area contributed by atoms with E-state index in [1.807, 2.05) is 0 Å². The van der Waals surface area contributed by atoms with Crippen LogP contribution in [0.1, 0.15) is 0 Å². The van der Waals surface area contributed by atoms with Crippen LogP contribution in [0.2, 0.25) is 0 Å². The second kappa shape index (κ2) is 15.7. The fourth-order valence-electron chi connectivity index (χ4n) is 0. The fourth-order valence-corrected chi connectivity index (χ4v) is 0. The minimum atomic E-state index is -1.75. The molecular weight excluding hydrogens is 124 g/mol. The Balaban J connectivity index is -0.0000000150. The maximum Gasteiger partial charge on any atom is 1.00 e. The molecule has 5 nitrogen and oxygen atoms in total. The molecule has 0 rings (SSSR count). The van der Waals surface area contributed by atoms with E-state index in [0.29, 0.717) is 0 Å². The summed E-state index contributed by atoms with van der Waals surface area (Å²) >= 11 is 0. The van der Waals surface area contributed by atoms with Gasteiger partial charge in [-0.3, -0.25) is 0 Å². The molecule has 0 saturated heterocycles. The van der Waals surface area contributed by atoms with Crippen LogP contribution < -0.4 is 59.1 Å². The monoisotopic (exact) mass is 125 g/mol. The predicted octanol–water partition coefficient (Wildman–Crippen LogP) is -6.41. The van der Waals surface area contributed by atoms with E-state index < -0.39 is 5.09 Å². The van der Waals surface area contributed by atoms with E-state index in [-0.39, 0.29) is 64.6 Å². The zero-order chi connectivity index (χ0) is 3.58. The zero-order valence-electron chi connectivity index (χ0n) is 4.12. The second-order valence-corrected chi connectivity index (χ2v) is 0.224. The topological polar surface area (TPSA) is 96.2 Å². The summed E-state index contributed by atoms with van der Waals surface area (Å²) in [5, 5.41) is 14.8. The van der Waals surface area contributed by atoms with Crippen LogP contribution in [0.25, 0.3) is 0 Å². The van der Waals surface area contributed by atoms with Crippen LogP contribution in [-0.2, 0) is 0 Å². The maximum absolute atomic E-state index is 8.25. The van der Waals surface area contributed by atoms with E-state index >= 15 is 0 Å². The van der Waals surface area contributed by atoms with Crippen LogP contribution in [0.5, 0.6) is 0 Å². The molecule has 0 radical (unpaired) electrons. The van der Waals surface area contributed by atoms with Gasteiger partial charge in [-0.2, -0.15) is 0 Å². The molecule has 0 aromatic carbocycles. The molecule has 0 fully saturated rings. The van der Waals surface area contributed by atoms with Gasteiger partial charge in [-0.1, -0.05) is 0 Å². The molecule has 1 N–H and O–H groups in total. The van der Waals surface area contributed by atoms with Gasteiger partial charge in [0.15, 0.2) is 0 Å². The van der Waals surface area contributed by atoms with E-state index in [1.54, 1.807) is 0 Å². The first-order chi connectivity index (χ1) is 1.73. The SMILES string of the molecule is O=[N+]([O-])[O-].[Na+].[Na+].[OH-]. The third-order valence-corrected chi connectivity index (χ3v) is 0. The first kappa shape index (κ1) is 24.2. The van der Waals surface area contributed by atoms with Crippen molar-refractivity contribution in [2.24, 2.45) is 0 Å². The molecule has 0 aromatic rings. The van der Waals surface area contributed by atoms with Crippen molar-refractivity contribution < 1.29 is 69.7 Å². The molecule has 0 saturated carbocycles. The fraction of sp³-hybridized carbons (Fsp3) is 0. The van der Waals surface area contributed by atoms with Gasteiger partial charge in [0.25, 0.3) is 0 Å². The summed E-state index contributed by atoms with van der Waals surface area (Å²) in [6, 6.07) is 0. The van der Waals surface area contributed by atoms with Gasteiger partial charge in [-0.05, 0) is 0 Å². The molecule has 0 heterocycles. The standard InChI is InChI=1S/NO3.2Na.H2O/c2-1(3)4;;;/h;;;1H2/q-1;2*+1;/p-1. The summed E-state index contributed by atoms with van der Waals surface area (Å²) in [6.07, 6.45) is 0. The van der Waals surface area contributed by atoms with Crippen molar-refractivity contribution in [3.63, 3.8) is 0 Å². The summed E-state index contributed by atoms with van der Waals surface area (Å²) in [5.74, 6) is 0. The second-order valence-electron chi connectivity index (χ2n) is 0.224. The normalized spacial score (nSPS) is 3.43. The van der Waals surface area contributed by atoms with Gasteiger partial charge in [0.1, 0.15) is 0 Å². The van der Waals surface area contributed by atoms with Crippen LogP contribution in [-0.4, -0.2) is 10.6 Å². The van der Waals surface area contributed by atoms with Crippen molar-refractivity contribution in [3.05, 3.63) is 15.3 Å². The van der Waals surface area contributed by atoms with Crippen molar-refractivity contribution in [1.82, 2.24) is 0 Å². The minimum Gasteiger partial charge on any atom is -0.870 e. The van der Waals surface area contributed by atoms with Crippen molar-refractivity contribution in [1.29, 1.82) is 0 Å². The molecule has 7 heavy (non-hydrogen) atoms. The average Bonchev–Trinajstić information content (AvgIpc) is 0.811. The Morgan fingerprint density at radius 3 is 1.14 bits per heavy atom. The molecule has 0 aliphatic heterocycles. The molecule has 0 unspecified atom stereocenters. The van der Waals surface area contributed by atoms with Crippen LogP contribution in [0.3, 0.4) is 0 Å². The predicted molar refractivity (Wildman–Crippen MR) is 12.3 cm³/mol. The maximum atomic E-state index is 8.25. The summed E-state index contributed by atoms with van der Waals surface area (Å²) < 4.78 is 0. The van der Waals surface area contributed by atoms with Crippen molar-refractivity contribution in [2.75, 3.05) is 0 Å². The van der Waals surface area contributed by atoms with Crippen molar-refractivity contribution >= 4 is 0 Å². The number of hydrogen-bond acceptors (Lipinski definition) is 4. The summed E-state index contributed by atoms with van der Waals surface area (Å²) in [4.78, 5) is 8.25. The van der Waals surface area contributed by atoms with E-state index in [4.69, 9.17) is 15.3 Å². The zero-order valence-corrected chi connectivity index (χ0v) is 8.12. The minimum absolute atomic E-state index is 0. The third-order valence-electron chi connectivity index (χ3n) is 0. The molecule has 0 amide bonds. The molecule has 32 valence electrons.